The van der Waals surface area contributed by atoms with Gasteiger partial charge in [0.1, 0.15) is 5.00 Å². The Labute approximate surface area is 117 Å². The van der Waals surface area contributed by atoms with Gasteiger partial charge in [-0.2, -0.15) is 4.37 Å². The van der Waals surface area contributed by atoms with Crippen LogP contribution in [-0.4, -0.2) is 16.3 Å². The number of benzene rings is 1. The van der Waals surface area contributed by atoms with Crippen molar-refractivity contribution >= 4 is 39.0 Å². The summed E-state index contributed by atoms with van der Waals surface area (Å²) in [7, 11) is 0. The zero-order chi connectivity index (χ0) is 12.4. The Kier molecular flexibility index (Phi) is 3.71. The molecular formula is C14H17ClN2S. The molecule has 1 aliphatic carbocycles. The lowest BCUT2D eigenvalue weighted by Crippen LogP contribution is -2.21. The van der Waals surface area contributed by atoms with Crippen LogP contribution in [0, 0.1) is 5.92 Å². The van der Waals surface area contributed by atoms with Gasteiger partial charge in [0.05, 0.1) is 5.52 Å². The highest BCUT2D eigenvalue weighted by molar-refractivity contribution is 7.11. The van der Waals surface area contributed by atoms with Crippen molar-refractivity contribution in [2.45, 2.75) is 31.1 Å². The molecule has 0 atom stereocenters. The van der Waals surface area contributed by atoms with E-state index >= 15 is 0 Å². The number of hydrogen-bond donors (Lipinski definition) is 1. The average Bonchev–Trinajstić information content (AvgIpc) is 2.82. The largest absolute Gasteiger partial charge is 0.375 e. The average molecular weight is 281 g/mol. The van der Waals surface area contributed by atoms with Gasteiger partial charge in [0.2, 0.25) is 0 Å². The fourth-order valence-electron chi connectivity index (χ4n) is 2.58. The third-order valence-electron chi connectivity index (χ3n) is 3.71. The first-order chi connectivity index (χ1) is 8.83. The number of aromatic nitrogens is 1. The van der Waals surface area contributed by atoms with Gasteiger partial charge in [-0.3, -0.25) is 0 Å². The Morgan fingerprint density at radius 2 is 2.00 bits per heavy atom. The van der Waals surface area contributed by atoms with Gasteiger partial charge < -0.3 is 5.32 Å². The summed E-state index contributed by atoms with van der Waals surface area (Å²) in [5.74, 6) is 0.765. The predicted octanol–water partition coefficient (Wildman–Crippen LogP) is 4.51. The predicted molar refractivity (Wildman–Crippen MR) is 79.7 cm³/mol. The van der Waals surface area contributed by atoms with E-state index in [1.54, 1.807) is 11.5 Å². The first kappa shape index (κ1) is 12.2. The van der Waals surface area contributed by atoms with E-state index in [2.05, 4.69) is 27.9 Å². The van der Waals surface area contributed by atoms with E-state index in [4.69, 9.17) is 11.6 Å². The lowest BCUT2D eigenvalue weighted by atomic mass is 9.89. The number of hydrogen-bond acceptors (Lipinski definition) is 3. The van der Waals surface area contributed by atoms with Gasteiger partial charge in [-0.1, -0.05) is 12.1 Å². The number of fused-ring (bicyclic) bond motifs is 1. The minimum absolute atomic E-state index is 0.408. The van der Waals surface area contributed by atoms with Gasteiger partial charge >= 0.3 is 0 Å². The van der Waals surface area contributed by atoms with Crippen LogP contribution in [0.4, 0.5) is 5.00 Å². The van der Waals surface area contributed by atoms with Crippen molar-refractivity contribution in [3.8, 4) is 0 Å². The molecule has 1 aromatic carbocycles. The van der Waals surface area contributed by atoms with Crippen LogP contribution in [0.3, 0.4) is 0 Å². The summed E-state index contributed by atoms with van der Waals surface area (Å²) in [5.41, 5.74) is 1.09. The summed E-state index contributed by atoms with van der Waals surface area (Å²) in [5, 5.41) is 6.42. The van der Waals surface area contributed by atoms with Gasteiger partial charge in [0.15, 0.2) is 0 Å². The van der Waals surface area contributed by atoms with E-state index in [0.717, 1.165) is 30.8 Å². The summed E-state index contributed by atoms with van der Waals surface area (Å²) < 4.78 is 4.45. The molecule has 1 N–H and O–H groups in total. The van der Waals surface area contributed by atoms with E-state index in [9.17, 15) is 0 Å². The number of nitrogens with one attached hydrogen (secondary N) is 1. The topological polar surface area (TPSA) is 24.9 Å². The number of nitrogens with zero attached hydrogens (tertiary/aromatic N) is 1. The van der Waals surface area contributed by atoms with Crippen LogP contribution in [0.1, 0.15) is 25.7 Å². The highest BCUT2D eigenvalue weighted by Gasteiger charge is 2.19. The normalized spacial score (nSPS) is 24.3. The molecule has 0 radical (unpaired) electrons. The second-order valence-electron chi connectivity index (χ2n) is 5.03. The Bertz CT molecular complexity index is 517. The van der Waals surface area contributed by atoms with E-state index in [0.29, 0.717) is 5.38 Å². The molecule has 1 heterocycles. The van der Waals surface area contributed by atoms with Crippen LogP contribution < -0.4 is 5.32 Å². The van der Waals surface area contributed by atoms with Gasteiger partial charge in [0.25, 0.3) is 0 Å². The highest BCUT2D eigenvalue weighted by atomic mass is 35.5. The maximum Gasteiger partial charge on any atom is 0.117 e. The summed E-state index contributed by atoms with van der Waals surface area (Å²) >= 11 is 7.70. The second-order valence-corrected chi connectivity index (χ2v) is 6.42. The molecule has 2 aromatic rings. The smallest absolute Gasteiger partial charge is 0.117 e. The summed E-state index contributed by atoms with van der Waals surface area (Å²) in [6, 6.07) is 8.31. The molecule has 1 aromatic heterocycles. The fourth-order valence-corrected chi connectivity index (χ4v) is 3.60. The molecule has 1 aliphatic rings. The van der Waals surface area contributed by atoms with Crippen molar-refractivity contribution in [1.29, 1.82) is 0 Å². The van der Waals surface area contributed by atoms with Gasteiger partial charge in [0, 0.05) is 17.3 Å². The lowest BCUT2D eigenvalue weighted by molar-refractivity contribution is 0.378. The lowest BCUT2D eigenvalue weighted by Gasteiger charge is -2.25. The fraction of sp³-hybridized carbons (Fsp3) is 0.500. The molecule has 4 heteroatoms. The third kappa shape index (κ3) is 2.62. The Balaban J connectivity index is 1.63. The second kappa shape index (κ2) is 5.45. The Morgan fingerprint density at radius 3 is 2.83 bits per heavy atom. The van der Waals surface area contributed by atoms with Crippen LogP contribution in [-0.2, 0) is 0 Å². The molecule has 2 nitrogen and oxygen atoms in total. The maximum atomic E-state index is 6.13. The zero-order valence-corrected chi connectivity index (χ0v) is 11.8. The van der Waals surface area contributed by atoms with Crippen molar-refractivity contribution in [2.24, 2.45) is 5.92 Å². The van der Waals surface area contributed by atoms with Gasteiger partial charge in [-0.25, -0.2) is 0 Å². The minimum Gasteiger partial charge on any atom is -0.375 e. The number of halogens is 1. The maximum absolute atomic E-state index is 6.13. The molecule has 0 aliphatic heterocycles. The summed E-state index contributed by atoms with van der Waals surface area (Å²) in [6.45, 7) is 1.05. The van der Waals surface area contributed by atoms with Crippen molar-refractivity contribution in [3.63, 3.8) is 0 Å². The molecule has 0 unspecified atom stereocenters. The van der Waals surface area contributed by atoms with Crippen LogP contribution in [0.15, 0.2) is 24.3 Å². The minimum atomic E-state index is 0.408. The summed E-state index contributed by atoms with van der Waals surface area (Å²) in [6.07, 6.45) is 4.82. The molecule has 1 saturated carbocycles. The quantitative estimate of drug-likeness (QED) is 0.837. The van der Waals surface area contributed by atoms with E-state index in [1.165, 1.54) is 23.2 Å². The first-order valence-corrected chi connectivity index (χ1v) is 7.76. The molecule has 0 bridgehead atoms. The molecule has 18 heavy (non-hydrogen) atoms. The molecule has 96 valence electrons. The van der Waals surface area contributed by atoms with Gasteiger partial charge in [-0.15, -0.1) is 11.6 Å². The van der Waals surface area contributed by atoms with Crippen molar-refractivity contribution in [2.75, 3.05) is 11.9 Å². The monoisotopic (exact) mass is 280 g/mol. The molecule has 3 rings (SSSR count). The van der Waals surface area contributed by atoms with Crippen molar-refractivity contribution in [3.05, 3.63) is 24.3 Å². The van der Waals surface area contributed by atoms with Crippen LogP contribution in [0.5, 0.6) is 0 Å². The third-order valence-corrected chi connectivity index (χ3v) is 4.98. The van der Waals surface area contributed by atoms with Gasteiger partial charge in [-0.05, 0) is 55.3 Å². The van der Waals surface area contributed by atoms with Crippen LogP contribution in [0.2, 0.25) is 0 Å². The number of alkyl halides is 1. The van der Waals surface area contributed by atoms with E-state index in [-0.39, 0.29) is 0 Å². The van der Waals surface area contributed by atoms with Crippen LogP contribution in [0.25, 0.3) is 10.9 Å². The number of anilines is 1. The highest BCUT2D eigenvalue weighted by Crippen LogP contribution is 2.30. The van der Waals surface area contributed by atoms with E-state index in [1.807, 2.05) is 6.07 Å². The van der Waals surface area contributed by atoms with E-state index < -0.39 is 0 Å². The summed E-state index contributed by atoms with van der Waals surface area (Å²) in [4.78, 5) is 0. The molecular weight excluding hydrogens is 264 g/mol. The van der Waals surface area contributed by atoms with Crippen molar-refractivity contribution < 1.29 is 0 Å². The zero-order valence-electron chi connectivity index (χ0n) is 10.2. The molecule has 1 fully saturated rings. The molecule has 0 saturated heterocycles. The SMILES string of the molecule is ClC1CCC(CNc2snc3ccccc23)CC1. The van der Waals surface area contributed by atoms with Crippen LogP contribution >= 0.6 is 23.1 Å². The standard InChI is InChI=1S/C14H17ClN2S/c15-11-7-5-10(6-8-11)9-16-14-12-3-1-2-4-13(12)17-18-14/h1-4,10-11,16H,5-9H2. The Hall–Kier alpha value is -0.800. The first-order valence-electron chi connectivity index (χ1n) is 6.55. The number of rotatable bonds is 3. The van der Waals surface area contributed by atoms with Crippen molar-refractivity contribution in [1.82, 2.24) is 4.37 Å². The molecule has 0 spiro atoms. The Morgan fingerprint density at radius 1 is 1.22 bits per heavy atom. The molecule has 0 amide bonds.